The number of carbonyl (C=O) groups excluding carboxylic acids is 2. The van der Waals surface area contributed by atoms with E-state index < -0.39 is 40.5 Å². The van der Waals surface area contributed by atoms with Crippen LogP contribution in [0.3, 0.4) is 0 Å². The average Bonchev–Trinajstić information content (AvgIpc) is 3.10. The highest BCUT2D eigenvalue weighted by molar-refractivity contribution is 7.89. The third-order valence-electron chi connectivity index (χ3n) is 3.55. The van der Waals surface area contributed by atoms with Gasteiger partial charge in [0.1, 0.15) is 23.0 Å². The number of aliphatic hydroxyl groups excluding tert-OH is 1. The summed E-state index contributed by atoms with van der Waals surface area (Å²) in [5.74, 6) is -1.40. The van der Waals surface area contributed by atoms with Crippen LogP contribution in [0.4, 0.5) is 0 Å². The quantitative estimate of drug-likeness (QED) is 0.393. The zero-order valence-electron chi connectivity index (χ0n) is 15.2. The largest absolute Gasteiger partial charge is 0.394 e. The third-order valence-corrected chi connectivity index (χ3v) is 6.01. The molecule has 0 aromatic carbocycles. The zero-order chi connectivity index (χ0) is 20.4. The molecule has 2 unspecified atom stereocenters. The van der Waals surface area contributed by atoms with Crippen LogP contribution >= 0.6 is 11.3 Å². The summed E-state index contributed by atoms with van der Waals surface area (Å²) in [6, 6.07) is 3.08. The summed E-state index contributed by atoms with van der Waals surface area (Å²) in [6.07, 6.45) is 1.11. The second kappa shape index (κ2) is 11.0. The molecule has 2 atom stereocenters. The molecule has 11 heteroatoms. The number of hydrogen-bond donors (Lipinski definition) is 4. The van der Waals surface area contributed by atoms with Gasteiger partial charge in [0.15, 0.2) is 0 Å². The van der Waals surface area contributed by atoms with Gasteiger partial charge in [0.2, 0.25) is 21.8 Å². The second-order valence-corrected chi connectivity index (χ2v) is 8.89. The van der Waals surface area contributed by atoms with Gasteiger partial charge in [-0.05, 0) is 25.5 Å². The van der Waals surface area contributed by atoms with Crippen LogP contribution < -0.4 is 15.4 Å². The highest BCUT2D eigenvalue weighted by atomic mass is 32.2. The molecule has 0 radical (unpaired) electrons. The van der Waals surface area contributed by atoms with Crippen molar-refractivity contribution in [2.24, 2.45) is 0 Å². The first-order chi connectivity index (χ1) is 12.7. The van der Waals surface area contributed by atoms with Crippen molar-refractivity contribution >= 4 is 33.2 Å². The fourth-order valence-electron chi connectivity index (χ4n) is 2.02. The van der Waals surface area contributed by atoms with Gasteiger partial charge in [-0.1, -0.05) is 13.3 Å². The lowest BCUT2D eigenvalue weighted by atomic mass is 10.2. The maximum Gasteiger partial charge on any atom is 0.242 e. The van der Waals surface area contributed by atoms with E-state index in [2.05, 4.69) is 15.4 Å². The van der Waals surface area contributed by atoms with Crippen molar-refractivity contribution in [3.8, 4) is 6.07 Å². The topological polar surface area (TPSA) is 148 Å². The van der Waals surface area contributed by atoms with Gasteiger partial charge in [-0.15, -0.1) is 11.3 Å². The maximum absolute atomic E-state index is 12.1. The van der Waals surface area contributed by atoms with E-state index in [0.717, 1.165) is 4.88 Å². The Kier molecular flexibility index (Phi) is 9.37. The highest BCUT2D eigenvalue weighted by Crippen LogP contribution is 2.14. The molecule has 150 valence electrons. The van der Waals surface area contributed by atoms with E-state index in [4.69, 9.17) is 5.26 Å². The van der Waals surface area contributed by atoms with Gasteiger partial charge in [-0.3, -0.25) is 9.59 Å². The van der Waals surface area contributed by atoms with Crippen LogP contribution in [0.15, 0.2) is 12.1 Å². The molecule has 0 aliphatic rings. The van der Waals surface area contributed by atoms with Gasteiger partial charge in [0.05, 0.1) is 18.9 Å². The summed E-state index contributed by atoms with van der Waals surface area (Å²) in [5, 5.41) is 23.1. The predicted molar refractivity (Wildman–Crippen MR) is 101 cm³/mol. The molecule has 1 aromatic rings. The van der Waals surface area contributed by atoms with Crippen molar-refractivity contribution in [2.45, 2.75) is 45.3 Å². The van der Waals surface area contributed by atoms with Crippen LogP contribution in [0.2, 0.25) is 0 Å². The monoisotopic (exact) mass is 416 g/mol. The summed E-state index contributed by atoms with van der Waals surface area (Å²) >= 11 is 1.25. The number of amides is 2. The summed E-state index contributed by atoms with van der Waals surface area (Å²) in [4.78, 5) is 25.5. The van der Waals surface area contributed by atoms with E-state index in [1.807, 2.05) is 13.0 Å². The molecular formula is C16H24N4O5S2. The Morgan fingerprint density at radius 1 is 1.33 bits per heavy atom. The second-order valence-electron chi connectivity index (χ2n) is 5.85. The van der Waals surface area contributed by atoms with Crippen LogP contribution in [0, 0.1) is 11.3 Å². The molecule has 0 bridgehead atoms. The Bertz CT molecular complexity index is 785. The van der Waals surface area contributed by atoms with Crippen LogP contribution in [-0.4, -0.2) is 49.8 Å². The Hall–Kier alpha value is -2.00. The zero-order valence-corrected chi connectivity index (χ0v) is 16.8. The number of thiophene rings is 1. The summed E-state index contributed by atoms with van der Waals surface area (Å²) in [6.45, 7) is 2.77. The molecule has 1 aromatic heterocycles. The third kappa shape index (κ3) is 8.04. The van der Waals surface area contributed by atoms with Crippen molar-refractivity contribution in [1.29, 1.82) is 5.26 Å². The van der Waals surface area contributed by atoms with Crippen LogP contribution in [0.25, 0.3) is 0 Å². The molecule has 0 saturated heterocycles. The van der Waals surface area contributed by atoms with E-state index in [9.17, 15) is 23.1 Å². The van der Waals surface area contributed by atoms with Gasteiger partial charge < -0.3 is 15.7 Å². The predicted octanol–water partition coefficient (Wildman–Crippen LogP) is -0.179. The van der Waals surface area contributed by atoms with Gasteiger partial charge in [0, 0.05) is 4.88 Å². The molecule has 9 nitrogen and oxygen atoms in total. The first kappa shape index (κ1) is 23.0. The number of hydrogen-bond acceptors (Lipinski definition) is 7. The van der Waals surface area contributed by atoms with Crippen LogP contribution in [0.5, 0.6) is 0 Å². The van der Waals surface area contributed by atoms with E-state index >= 15 is 0 Å². The molecule has 0 aliphatic heterocycles. The van der Waals surface area contributed by atoms with Gasteiger partial charge in [-0.2, -0.15) is 5.26 Å². The maximum atomic E-state index is 12.1. The van der Waals surface area contributed by atoms with Crippen molar-refractivity contribution in [3.63, 3.8) is 0 Å². The smallest absolute Gasteiger partial charge is 0.242 e. The summed E-state index contributed by atoms with van der Waals surface area (Å²) in [7, 11) is -3.70. The molecule has 0 fully saturated rings. The lowest BCUT2D eigenvalue weighted by Gasteiger charge is -2.19. The molecule has 1 rings (SSSR count). The van der Waals surface area contributed by atoms with Gasteiger partial charge >= 0.3 is 0 Å². The number of rotatable bonds is 11. The fourth-order valence-corrected chi connectivity index (χ4v) is 4.17. The Balaban J connectivity index is 2.54. The van der Waals surface area contributed by atoms with Gasteiger partial charge in [0.25, 0.3) is 0 Å². The number of nitrogens with one attached hydrogen (secondary N) is 3. The van der Waals surface area contributed by atoms with Crippen LogP contribution in [-0.2, 0) is 26.2 Å². The van der Waals surface area contributed by atoms with Crippen LogP contribution in [0.1, 0.15) is 36.4 Å². The Morgan fingerprint density at radius 3 is 2.59 bits per heavy atom. The molecule has 27 heavy (non-hydrogen) atoms. The number of unbranched alkanes of at least 4 members (excludes halogenated alkanes) is 1. The number of nitriles is 1. The molecule has 0 aliphatic carbocycles. The summed E-state index contributed by atoms with van der Waals surface area (Å²) in [5.41, 5.74) is 0. The first-order valence-corrected chi connectivity index (χ1v) is 10.9. The minimum Gasteiger partial charge on any atom is -0.394 e. The minimum atomic E-state index is -3.70. The lowest BCUT2D eigenvalue weighted by Crippen LogP contribution is -2.54. The van der Waals surface area contributed by atoms with E-state index in [1.54, 1.807) is 12.1 Å². The lowest BCUT2D eigenvalue weighted by molar-refractivity contribution is -0.130. The van der Waals surface area contributed by atoms with E-state index in [1.165, 1.54) is 18.3 Å². The molecule has 4 N–H and O–H groups in total. The Labute approximate surface area is 162 Å². The van der Waals surface area contributed by atoms with Crippen molar-refractivity contribution < 1.29 is 23.1 Å². The number of carbonyl (C=O) groups is 2. The number of aliphatic hydroxyl groups is 1. The molecule has 2 amide bonds. The standard InChI is InChI=1S/C16H24N4O5S2/c1-3-4-7-27(24,25)20-14(10-21)16(23)19-11(2)15(22)18-9-13-6-5-12(8-17)26-13/h5-6,11,14,20-21H,3-4,7,9-10H2,1-2H3,(H,18,22)(H,19,23). The number of nitrogens with zero attached hydrogens (tertiary/aromatic N) is 1. The fraction of sp³-hybridized carbons (Fsp3) is 0.562. The SMILES string of the molecule is CCCCS(=O)(=O)NC(CO)C(=O)NC(C)C(=O)NCc1ccc(C#N)s1. The average molecular weight is 417 g/mol. The summed E-state index contributed by atoms with van der Waals surface area (Å²) < 4.78 is 25.9. The van der Waals surface area contributed by atoms with E-state index in [0.29, 0.717) is 17.7 Å². The van der Waals surface area contributed by atoms with E-state index in [-0.39, 0.29) is 12.3 Å². The molecule has 0 spiro atoms. The van der Waals surface area contributed by atoms with Crippen molar-refractivity contribution in [3.05, 3.63) is 21.9 Å². The molecular weight excluding hydrogens is 392 g/mol. The molecule has 0 saturated carbocycles. The van der Waals surface area contributed by atoms with Gasteiger partial charge in [-0.25, -0.2) is 13.1 Å². The number of sulfonamides is 1. The molecule has 1 heterocycles. The minimum absolute atomic E-state index is 0.144. The van der Waals surface area contributed by atoms with Crippen molar-refractivity contribution in [2.75, 3.05) is 12.4 Å². The van der Waals surface area contributed by atoms with Crippen molar-refractivity contribution in [1.82, 2.24) is 15.4 Å². The highest BCUT2D eigenvalue weighted by Gasteiger charge is 2.26. The first-order valence-electron chi connectivity index (χ1n) is 8.40. The Morgan fingerprint density at radius 2 is 2.04 bits per heavy atom. The normalized spacial score (nSPS) is 13.4.